The van der Waals surface area contributed by atoms with Crippen molar-refractivity contribution in [1.82, 2.24) is 9.78 Å². The Hall–Kier alpha value is -2.70. The zero-order valence-electron chi connectivity index (χ0n) is 18.3. The monoisotopic (exact) mass is 412 g/mol. The second-order valence-corrected chi connectivity index (χ2v) is 9.04. The van der Waals surface area contributed by atoms with Gasteiger partial charge in [-0.25, -0.2) is 4.68 Å². The second kappa shape index (κ2) is 8.20. The minimum absolute atomic E-state index is 0.138. The Morgan fingerprint density at radius 3 is 2.43 bits per heavy atom. The first-order valence-corrected chi connectivity index (χ1v) is 10.8. The zero-order chi connectivity index (χ0) is 21.3. The summed E-state index contributed by atoms with van der Waals surface area (Å²) in [4.78, 5) is 13.2. The number of carbonyl (C=O) groups excluding carboxylic acids is 1. The van der Waals surface area contributed by atoms with Crippen LogP contribution in [0.15, 0.2) is 24.4 Å². The number of hydrogen-bond acceptors (Lipinski definition) is 5. The second-order valence-electron chi connectivity index (χ2n) is 9.04. The summed E-state index contributed by atoms with van der Waals surface area (Å²) < 4.78 is 12.6. The van der Waals surface area contributed by atoms with Gasteiger partial charge in [0.2, 0.25) is 0 Å². The van der Waals surface area contributed by atoms with Crippen molar-refractivity contribution in [3.8, 4) is 11.5 Å². The highest BCUT2D eigenvalue weighted by Crippen LogP contribution is 2.40. The van der Waals surface area contributed by atoms with Crippen LogP contribution in [0, 0.1) is 5.92 Å². The molecule has 2 aromatic rings. The molecule has 0 saturated heterocycles. The smallest absolute Gasteiger partial charge is 0.261 e. The van der Waals surface area contributed by atoms with Gasteiger partial charge in [-0.15, -0.1) is 0 Å². The van der Waals surface area contributed by atoms with Gasteiger partial charge in [-0.3, -0.25) is 4.79 Å². The summed E-state index contributed by atoms with van der Waals surface area (Å²) in [7, 11) is 3.18. The topological polar surface area (TPSA) is 77.4 Å². The van der Waals surface area contributed by atoms with Crippen molar-refractivity contribution in [3.05, 3.63) is 30.0 Å². The summed E-state index contributed by atoms with van der Waals surface area (Å²) >= 11 is 0. The number of anilines is 2. The van der Waals surface area contributed by atoms with Crippen LogP contribution in [0.1, 0.15) is 62.7 Å². The standard InChI is InChI=1S/C23H32N4O3/c1-23(2)13-20(15-8-6-5-7-9-15)26-21-19(14-24-27(21)23)22(28)25-16-10-17(29-3)12-18(11-16)30-4/h10-12,14-15,20,26H,5-9,13H2,1-4H3,(H,25,28). The maximum absolute atomic E-state index is 13.2. The molecular weight excluding hydrogens is 380 g/mol. The molecule has 30 heavy (non-hydrogen) atoms. The Balaban J connectivity index is 1.59. The molecule has 1 unspecified atom stereocenters. The van der Waals surface area contributed by atoms with Crippen molar-refractivity contribution in [3.63, 3.8) is 0 Å². The summed E-state index contributed by atoms with van der Waals surface area (Å²) in [6.45, 7) is 4.41. The first kappa shape index (κ1) is 20.6. The van der Waals surface area contributed by atoms with Crippen LogP contribution in [0.3, 0.4) is 0 Å². The quantitative estimate of drug-likeness (QED) is 0.747. The number of methoxy groups -OCH3 is 2. The summed E-state index contributed by atoms with van der Waals surface area (Å²) in [5.74, 6) is 2.52. The molecule has 1 amide bonds. The minimum Gasteiger partial charge on any atom is -0.497 e. The number of ether oxygens (including phenoxy) is 2. The van der Waals surface area contributed by atoms with E-state index < -0.39 is 0 Å². The largest absolute Gasteiger partial charge is 0.497 e. The zero-order valence-corrected chi connectivity index (χ0v) is 18.3. The van der Waals surface area contributed by atoms with E-state index >= 15 is 0 Å². The van der Waals surface area contributed by atoms with Gasteiger partial charge in [0, 0.05) is 29.9 Å². The Morgan fingerprint density at radius 1 is 1.13 bits per heavy atom. The molecule has 2 aliphatic rings. The first-order valence-electron chi connectivity index (χ1n) is 10.8. The number of carbonyl (C=O) groups is 1. The lowest BCUT2D eigenvalue weighted by molar-refractivity contribution is 0.102. The van der Waals surface area contributed by atoms with E-state index in [2.05, 4.69) is 29.6 Å². The van der Waals surface area contributed by atoms with Gasteiger partial charge < -0.3 is 20.1 Å². The minimum atomic E-state index is -0.195. The number of aromatic nitrogens is 2. The average Bonchev–Trinajstić information content (AvgIpc) is 3.19. The molecule has 0 radical (unpaired) electrons. The van der Waals surface area contributed by atoms with Crippen LogP contribution in [0.4, 0.5) is 11.5 Å². The lowest BCUT2D eigenvalue weighted by atomic mass is 9.78. The maximum atomic E-state index is 13.2. The number of nitrogens with zero attached hydrogens (tertiary/aromatic N) is 2. The number of hydrogen-bond donors (Lipinski definition) is 2. The average molecular weight is 413 g/mol. The lowest BCUT2D eigenvalue weighted by Gasteiger charge is -2.42. The van der Waals surface area contributed by atoms with Crippen molar-refractivity contribution < 1.29 is 14.3 Å². The van der Waals surface area contributed by atoms with Crippen LogP contribution in [-0.2, 0) is 5.54 Å². The number of benzene rings is 1. The summed E-state index contributed by atoms with van der Waals surface area (Å²) in [6, 6.07) is 5.70. The first-order chi connectivity index (χ1) is 14.4. The highest BCUT2D eigenvalue weighted by Gasteiger charge is 2.39. The van der Waals surface area contributed by atoms with E-state index in [1.807, 2.05) is 4.68 Å². The number of fused-ring (bicyclic) bond motifs is 1. The lowest BCUT2D eigenvalue weighted by Crippen LogP contribution is -2.45. The van der Waals surface area contributed by atoms with Crippen LogP contribution in [0.2, 0.25) is 0 Å². The van der Waals surface area contributed by atoms with Crippen molar-refractivity contribution >= 4 is 17.4 Å². The van der Waals surface area contributed by atoms with Gasteiger partial charge in [-0.1, -0.05) is 19.3 Å². The van der Waals surface area contributed by atoms with Gasteiger partial charge in [0.1, 0.15) is 22.9 Å². The molecule has 4 rings (SSSR count). The van der Waals surface area contributed by atoms with Crippen molar-refractivity contribution in [2.45, 2.75) is 64.0 Å². The molecule has 1 aromatic heterocycles. The number of rotatable bonds is 5. The van der Waals surface area contributed by atoms with E-state index in [-0.39, 0.29) is 11.4 Å². The molecule has 7 nitrogen and oxygen atoms in total. The van der Waals surface area contributed by atoms with Crippen molar-refractivity contribution in [2.75, 3.05) is 24.9 Å². The fraction of sp³-hybridized carbons (Fsp3) is 0.565. The molecule has 7 heteroatoms. The van der Waals surface area contributed by atoms with Crippen LogP contribution in [0.25, 0.3) is 0 Å². The number of amides is 1. The Morgan fingerprint density at radius 2 is 1.80 bits per heavy atom. The van der Waals surface area contributed by atoms with Crippen molar-refractivity contribution in [2.24, 2.45) is 5.92 Å². The molecule has 0 bridgehead atoms. The summed E-state index contributed by atoms with van der Waals surface area (Å²) in [6.07, 6.45) is 9.13. The summed E-state index contributed by atoms with van der Waals surface area (Å²) in [5, 5.41) is 11.2. The molecule has 1 aliphatic carbocycles. The fourth-order valence-electron chi connectivity index (χ4n) is 4.86. The molecule has 1 fully saturated rings. The molecular formula is C23H32N4O3. The molecule has 1 aromatic carbocycles. The third kappa shape index (κ3) is 3.98. The van der Waals surface area contributed by atoms with Crippen LogP contribution < -0.4 is 20.1 Å². The Bertz CT molecular complexity index is 893. The van der Waals surface area contributed by atoms with E-state index in [4.69, 9.17) is 9.47 Å². The predicted molar refractivity (Wildman–Crippen MR) is 118 cm³/mol. The molecule has 2 N–H and O–H groups in total. The molecule has 1 saturated carbocycles. The third-order valence-electron chi connectivity index (χ3n) is 6.46. The van der Waals surface area contributed by atoms with Gasteiger partial charge >= 0.3 is 0 Å². The molecule has 1 aliphatic heterocycles. The molecule has 0 spiro atoms. The van der Waals surface area contributed by atoms with Gasteiger partial charge in [0.05, 0.1) is 26.0 Å². The van der Waals surface area contributed by atoms with Gasteiger partial charge in [0.25, 0.3) is 5.91 Å². The molecule has 162 valence electrons. The van der Waals surface area contributed by atoms with Crippen LogP contribution in [0.5, 0.6) is 11.5 Å². The van der Waals surface area contributed by atoms with E-state index in [0.717, 1.165) is 12.2 Å². The Kier molecular flexibility index (Phi) is 5.62. The summed E-state index contributed by atoms with van der Waals surface area (Å²) in [5.41, 5.74) is 1.04. The maximum Gasteiger partial charge on any atom is 0.261 e. The number of nitrogens with one attached hydrogen (secondary N) is 2. The van der Waals surface area contributed by atoms with Crippen LogP contribution >= 0.6 is 0 Å². The highest BCUT2D eigenvalue weighted by molar-refractivity contribution is 6.07. The highest BCUT2D eigenvalue weighted by atomic mass is 16.5. The molecule has 1 atom stereocenters. The van der Waals surface area contributed by atoms with Gasteiger partial charge in [0.15, 0.2) is 0 Å². The third-order valence-corrected chi connectivity index (χ3v) is 6.46. The normalized spacial score (nSPS) is 20.7. The van der Waals surface area contributed by atoms with E-state index in [9.17, 15) is 4.79 Å². The van der Waals surface area contributed by atoms with Crippen molar-refractivity contribution in [1.29, 1.82) is 0 Å². The Labute approximate surface area is 178 Å². The van der Waals surface area contributed by atoms with Gasteiger partial charge in [-0.2, -0.15) is 5.10 Å². The van der Waals surface area contributed by atoms with E-state index in [1.165, 1.54) is 32.1 Å². The SMILES string of the molecule is COc1cc(NC(=O)c2cnn3c2NC(C2CCCCC2)CC3(C)C)cc(OC)c1. The van der Waals surface area contributed by atoms with Crippen LogP contribution in [-0.4, -0.2) is 35.9 Å². The van der Waals surface area contributed by atoms with E-state index in [1.54, 1.807) is 38.6 Å². The van der Waals surface area contributed by atoms with E-state index in [0.29, 0.717) is 34.7 Å². The molecule has 2 heterocycles. The predicted octanol–water partition coefficient (Wildman–Crippen LogP) is 4.65. The van der Waals surface area contributed by atoms with Gasteiger partial charge in [-0.05, 0) is 39.0 Å². The fourth-order valence-corrected chi connectivity index (χ4v) is 4.86.